The Hall–Kier alpha value is -4.78. The zero-order chi connectivity index (χ0) is 31.1. The summed E-state index contributed by atoms with van der Waals surface area (Å²) in [5, 5.41) is 20.8. The zero-order valence-corrected chi connectivity index (χ0v) is 24.9. The Balaban J connectivity index is 1.73. The van der Waals surface area contributed by atoms with Gasteiger partial charge in [-0.15, -0.1) is 10.2 Å². The Bertz CT molecular complexity index is 1560. The third-order valence-electron chi connectivity index (χ3n) is 6.66. The summed E-state index contributed by atoms with van der Waals surface area (Å²) in [7, 11) is 3.02. The van der Waals surface area contributed by atoms with Crippen molar-refractivity contribution in [3.8, 4) is 0 Å². The van der Waals surface area contributed by atoms with Crippen LogP contribution in [0.4, 0.5) is 4.79 Å². The summed E-state index contributed by atoms with van der Waals surface area (Å²) in [4.78, 5) is 43.2. The van der Waals surface area contributed by atoms with Crippen molar-refractivity contribution in [2.45, 2.75) is 45.3 Å². The number of rotatable bonds is 10. The largest absolute Gasteiger partial charge is 0.480 e. The Labute approximate surface area is 249 Å². The summed E-state index contributed by atoms with van der Waals surface area (Å²) in [6.07, 6.45) is 4.96. The van der Waals surface area contributed by atoms with Gasteiger partial charge in [-0.05, 0) is 50.5 Å². The highest BCUT2D eigenvalue weighted by Crippen LogP contribution is 2.26. The van der Waals surface area contributed by atoms with Gasteiger partial charge in [0.05, 0.1) is 31.1 Å². The molecule has 1 aliphatic heterocycles. The molecule has 1 saturated heterocycles. The van der Waals surface area contributed by atoms with Gasteiger partial charge in [-0.2, -0.15) is 0 Å². The highest BCUT2D eigenvalue weighted by Gasteiger charge is 2.28. The van der Waals surface area contributed by atoms with E-state index in [2.05, 4.69) is 20.5 Å². The van der Waals surface area contributed by atoms with Crippen molar-refractivity contribution >= 4 is 35.1 Å². The molecule has 43 heavy (non-hydrogen) atoms. The van der Waals surface area contributed by atoms with Crippen LogP contribution in [0.25, 0.3) is 10.9 Å². The molecule has 1 fully saturated rings. The number of likely N-dealkylation sites (tertiary alicyclic amines) is 1. The molecule has 4 rings (SSSR count). The number of hydrogen-bond donors (Lipinski definition) is 2. The molecule has 13 heteroatoms. The second-order valence-electron chi connectivity index (χ2n) is 11.0. The van der Waals surface area contributed by atoms with Crippen molar-refractivity contribution in [3.05, 3.63) is 71.1 Å². The summed E-state index contributed by atoms with van der Waals surface area (Å²) < 4.78 is 17.7. The van der Waals surface area contributed by atoms with E-state index in [-0.39, 0.29) is 36.6 Å². The van der Waals surface area contributed by atoms with E-state index >= 15 is 0 Å². The summed E-state index contributed by atoms with van der Waals surface area (Å²) >= 11 is 0. The van der Waals surface area contributed by atoms with Gasteiger partial charge in [0.25, 0.3) is 5.91 Å². The van der Waals surface area contributed by atoms with E-state index in [9.17, 15) is 14.4 Å². The predicted molar refractivity (Wildman–Crippen MR) is 158 cm³/mol. The molecule has 13 nitrogen and oxygen atoms in total. The number of aliphatic carboxylic acids is 1. The van der Waals surface area contributed by atoms with Gasteiger partial charge in [0, 0.05) is 38.2 Å². The minimum Gasteiger partial charge on any atom is -0.480 e. The van der Waals surface area contributed by atoms with E-state index in [1.165, 1.54) is 24.1 Å². The van der Waals surface area contributed by atoms with Crippen LogP contribution in [0.1, 0.15) is 54.5 Å². The number of carbonyl (C=O) groups excluding carboxylic acids is 2. The minimum absolute atomic E-state index is 0.0317. The van der Waals surface area contributed by atoms with Crippen LogP contribution in [0.5, 0.6) is 0 Å². The molecule has 0 spiro atoms. The van der Waals surface area contributed by atoms with E-state index in [0.29, 0.717) is 29.9 Å². The first-order valence-corrected chi connectivity index (χ1v) is 13.7. The van der Waals surface area contributed by atoms with Crippen molar-refractivity contribution in [1.82, 2.24) is 25.0 Å². The van der Waals surface area contributed by atoms with Crippen LogP contribution in [-0.2, 0) is 25.4 Å². The van der Waals surface area contributed by atoms with E-state index in [1.807, 2.05) is 24.3 Å². The molecule has 2 aromatic heterocycles. The van der Waals surface area contributed by atoms with Gasteiger partial charge in [0.2, 0.25) is 5.88 Å². The highest BCUT2D eigenvalue weighted by molar-refractivity contribution is 5.94. The first kappa shape index (κ1) is 31.2. The fourth-order valence-electron chi connectivity index (χ4n) is 4.62. The lowest BCUT2D eigenvalue weighted by Crippen LogP contribution is -2.31. The monoisotopic (exact) mass is 592 g/mol. The molecule has 0 aliphatic carbocycles. The molecule has 228 valence electrons. The van der Waals surface area contributed by atoms with Gasteiger partial charge in [0.15, 0.2) is 5.69 Å². The summed E-state index contributed by atoms with van der Waals surface area (Å²) in [6.45, 7) is 6.11. The van der Waals surface area contributed by atoms with E-state index < -0.39 is 17.7 Å². The molecule has 1 aromatic carbocycles. The Morgan fingerprint density at radius 2 is 1.93 bits per heavy atom. The first-order valence-electron chi connectivity index (χ1n) is 13.7. The van der Waals surface area contributed by atoms with Gasteiger partial charge in [-0.3, -0.25) is 14.2 Å². The fourth-order valence-corrected chi connectivity index (χ4v) is 4.62. The first-order chi connectivity index (χ1) is 20.5. The summed E-state index contributed by atoms with van der Waals surface area (Å²) in [6, 6.07) is 9.15. The van der Waals surface area contributed by atoms with Crippen molar-refractivity contribution in [2.24, 2.45) is 4.99 Å². The van der Waals surface area contributed by atoms with Gasteiger partial charge >= 0.3 is 12.1 Å². The molecule has 1 aliphatic rings. The van der Waals surface area contributed by atoms with Crippen LogP contribution in [-0.4, -0.2) is 94.5 Å². The van der Waals surface area contributed by atoms with Gasteiger partial charge in [-0.1, -0.05) is 18.2 Å². The smallest absolute Gasteiger partial charge is 0.419 e. The standard InChI is InChI=1S/C30H36N6O7/c1-30(2,3)43-29(40)36-17-20(22-8-6-7-9-25(22)36)12-19-13-23(28(39)35-11-10-21(18-35)41-4)33-34-24(19)14-32-26(42-5)15-31-16-27(37)38/h6-9,13-15,17,21,31H,10-12,16,18H2,1-5H3,(H,37,38). The van der Waals surface area contributed by atoms with Crippen LogP contribution in [0.2, 0.25) is 0 Å². The van der Waals surface area contributed by atoms with Crippen LogP contribution in [0, 0.1) is 0 Å². The number of ether oxygens (including phenoxy) is 3. The second-order valence-corrected chi connectivity index (χ2v) is 11.0. The van der Waals surface area contributed by atoms with Crippen molar-refractivity contribution in [2.75, 3.05) is 33.9 Å². The maximum atomic E-state index is 13.3. The molecular weight excluding hydrogens is 556 g/mol. The normalized spacial score (nSPS) is 15.7. The van der Waals surface area contributed by atoms with Crippen molar-refractivity contribution in [3.63, 3.8) is 0 Å². The number of nitrogens with zero attached hydrogens (tertiary/aromatic N) is 5. The van der Waals surface area contributed by atoms with Crippen LogP contribution in [0.15, 0.2) is 53.6 Å². The number of carboxylic acid groups (broad SMARTS) is 1. The predicted octanol–water partition coefficient (Wildman–Crippen LogP) is 3.20. The molecule has 1 atom stereocenters. The lowest BCUT2D eigenvalue weighted by atomic mass is 10.0. The van der Waals surface area contributed by atoms with Gasteiger partial charge < -0.3 is 29.5 Å². The maximum absolute atomic E-state index is 13.3. The Morgan fingerprint density at radius 3 is 2.60 bits per heavy atom. The molecule has 1 amide bonds. The molecule has 2 N–H and O–H groups in total. The van der Waals surface area contributed by atoms with Crippen molar-refractivity contribution < 1.29 is 33.7 Å². The van der Waals surface area contributed by atoms with E-state index in [1.54, 1.807) is 45.0 Å². The average Bonchev–Trinajstić information content (AvgIpc) is 3.59. The third kappa shape index (κ3) is 7.95. The second kappa shape index (κ2) is 13.5. The summed E-state index contributed by atoms with van der Waals surface area (Å²) in [5.41, 5.74) is 1.96. The van der Waals surface area contributed by atoms with Gasteiger partial charge in [-0.25, -0.2) is 9.79 Å². The lowest BCUT2D eigenvalue weighted by molar-refractivity contribution is -0.135. The molecule has 0 saturated carbocycles. The molecule has 1 unspecified atom stereocenters. The number of carbonyl (C=O) groups is 3. The maximum Gasteiger partial charge on any atom is 0.419 e. The number of hydrogen-bond acceptors (Lipinski definition) is 10. The lowest BCUT2D eigenvalue weighted by Gasteiger charge is -2.19. The number of aliphatic imine (C=N–C) groups is 1. The topological polar surface area (TPSA) is 157 Å². The molecule has 0 radical (unpaired) electrons. The number of nitrogens with one attached hydrogen (secondary N) is 1. The average molecular weight is 593 g/mol. The van der Waals surface area contributed by atoms with Crippen LogP contribution < -0.4 is 5.32 Å². The number of carboxylic acids is 1. The van der Waals surface area contributed by atoms with Gasteiger partial charge in [0.1, 0.15) is 17.8 Å². The van der Waals surface area contributed by atoms with Crippen LogP contribution >= 0.6 is 0 Å². The Kier molecular flexibility index (Phi) is 9.76. The number of benzene rings is 1. The number of amides is 1. The summed E-state index contributed by atoms with van der Waals surface area (Å²) in [5.74, 6) is -1.19. The number of methoxy groups -OCH3 is 2. The molecular formula is C30H36N6O7. The number of aromatic nitrogens is 3. The molecule has 3 heterocycles. The van der Waals surface area contributed by atoms with Crippen molar-refractivity contribution in [1.29, 1.82) is 0 Å². The number of para-hydroxylation sites is 1. The Morgan fingerprint density at radius 1 is 1.16 bits per heavy atom. The molecule has 0 bridgehead atoms. The quantitative estimate of drug-likeness (QED) is 0.265. The van der Waals surface area contributed by atoms with E-state index in [0.717, 1.165) is 17.4 Å². The SMILES string of the molecule is COC(=CNCC(=O)O)N=Cc1nnc(C(=O)N2CCC(OC)C2)cc1Cc1cn(C(=O)OC(C)(C)C)c2ccccc12. The fraction of sp³-hybridized carbons (Fsp3) is 0.400. The van der Waals surface area contributed by atoms with E-state index in [4.69, 9.17) is 19.3 Å². The zero-order valence-electron chi connectivity index (χ0n) is 24.9. The third-order valence-corrected chi connectivity index (χ3v) is 6.66. The van der Waals surface area contributed by atoms with Crippen LogP contribution in [0.3, 0.4) is 0 Å². The number of fused-ring (bicyclic) bond motifs is 1. The minimum atomic E-state index is -1.04. The molecule has 3 aromatic rings. The highest BCUT2D eigenvalue weighted by atomic mass is 16.6.